The van der Waals surface area contributed by atoms with Crippen LogP contribution in [0.3, 0.4) is 0 Å². The number of fused-ring (bicyclic) bond motifs is 1. The first-order chi connectivity index (χ1) is 12.6. The molecule has 1 saturated heterocycles. The maximum absolute atomic E-state index is 12.5. The van der Waals surface area contributed by atoms with Crippen LogP contribution in [0.15, 0.2) is 18.2 Å². The normalized spacial score (nSPS) is 19.3. The Labute approximate surface area is 156 Å². The predicted molar refractivity (Wildman–Crippen MR) is 97.9 cm³/mol. The highest BCUT2D eigenvalue weighted by atomic mass is 32.2. The average Bonchev–Trinajstić information content (AvgIpc) is 2.70. The van der Waals surface area contributed by atoms with Gasteiger partial charge in [-0.15, -0.1) is 11.8 Å². The van der Waals surface area contributed by atoms with Crippen molar-refractivity contribution >= 4 is 29.7 Å². The predicted octanol–water partition coefficient (Wildman–Crippen LogP) is 1.60. The highest BCUT2D eigenvalue weighted by Gasteiger charge is 2.28. The van der Waals surface area contributed by atoms with Crippen molar-refractivity contribution in [1.29, 1.82) is 0 Å². The van der Waals surface area contributed by atoms with Crippen LogP contribution in [0.1, 0.15) is 5.56 Å². The van der Waals surface area contributed by atoms with Gasteiger partial charge in [0.15, 0.2) is 11.5 Å². The molecule has 2 aliphatic rings. The minimum Gasteiger partial charge on any atom is -0.493 e. The Morgan fingerprint density at radius 3 is 2.85 bits per heavy atom. The van der Waals surface area contributed by atoms with Crippen LogP contribution in [-0.2, 0) is 14.3 Å². The minimum atomic E-state index is -0.333. The largest absolute Gasteiger partial charge is 0.493 e. The molecule has 140 valence electrons. The van der Waals surface area contributed by atoms with Crippen LogP contribution in [-0.4, -0.2) is 68.3 Å². The first-order valence-electron chi connectivity index (χ1n) is 8.26. The molecule has 26 heavy (non-hydrogen) atoms. The quantitative estimate of drug-likeness (QED) is 0.581. The fraction of sp³-hybridized carbons (Fsp3) is 0.444. The lowest BCUT2D eigenvalue weighted by Gasteiger charge is -2.30. The number of esters is 1. The molecule has 0 aromatic heterocycles. The van der Waals surface area contributed by atoms with Crippen LogP contribution in [0.25, 0.3) is 6.08 Å². The third-order valence-corrected chi connectivity index (χ3v) is 5.27. The van der Waals surface area contributed by atoms with E-state index in [0.717, 1.165) is 5.56 Å². The van der Waals surface area contributed by atoms with Crippen molar-refractivity contribution in [3.8, 4) is 17.2 Å². The summed E-state index contributed by atoms with van der Waals surface area (Å²) >= 11 is 1.51. The lowest BCUT2D eigenvalue weighted by atomic mass is 10.1. The number of nitrogens with zero attached hydrogens (tertiary/aromatic N) is 1. The number of hydrogen-bond acceptors (Lipinski definition) is 7. The van der Waals surface area contributed by atoms with Crippen LogP contribution < -0.4 is 14.2 Å². The summed E-state index contributed by atoms with van der Waals surface area (Å²) in [4.78, 5) is 25.8. The number of benzene rings is 1. The maximum atomic E-state index is 12.5. The van der Waals surface area contributed by atoms with Crippen LogP contribution in [0.4, 0.5) is 0 Å². The molecule has 2 heterocycles. The standard InChI is InChI=1S/C18H21NO6S/c1-22-13-9-12(10-14-17(13)25-7-6-24-14)3-4-16(20)19-5-8-26-15(11-19)18(21)23-2/h3-4,9-10,15H,5-8,11H2,1-2H3/b4-3+/t15-/m1/s1. The molecule has 0 radical (unpaired) electrons. The molecule has 1 amide bonds. The summed E-state index contributed by atoms with van der Waals surface area (Å²) in [5, 5.41) is -0.333. The molecule has 1 aromatic carbocycles. The summed E-state index contributed by atoms with van der Waals surface area (Å²) in [6, 6.07) is 3.60. The van der Waals surface area contributed by atoms with Crippen molar-refractivity contribution in [2.24, 2.45) is 0 Å². The maximum Gasteiger partial charge on any atom is 0.320 e. The zero-order valence-corrected chi connectivity index (χ0v) is 15.5. The Morgan fingerprint density at radius 2 is 2.08 bits per heavy atom. The fourth-order valence-electron chi connectivity index (χ4n) is 2.79. The Morgan fingerprint density at radius 1 is 1.27 bits per heavy atom. The van der Waals surface area contributed by atoms with Crippen LogP contribution in [0.2, 0.25) is 0 Å². The highest BCUT2D eigenvalue weighted by Crippen LogP contribution is 2.40. The topological polar surface area (TPSA) is 74.3 Å². The van der Waals surface area contributed by atoms with Gasteiger partial charge in [0.05, 0.1) is 14.2 Å². The van der Waals surface area contributed by atoms with E-state index in [1.807, 2.05) is 6.07 Å². The summed E-state index contributed by atoms with van der Waals surface area (Å²) in [6.45, 7) is 1.91. The van der Waals surface area contributed by atoms with Crippen molar-refractivity contribution in [2.45, 2.75) is 5.25 Å². The first kappa shape index (κ1) is 18.4. The van der Waals surface area contributed by atoms with Gasteiger partial charge < -0.3 is 23.8 Å². The molecule has 1 aromatic rings. The molecule has 7 nitrogen and oxygen atoms in total. The van der Waals surface area contributed by atoms with Crippen LogP contribution in [0.5, 0.6) is 17.2 Å². The van der Waals surface area contributed by atoms with Gasteiger partial charge in [-0.3, -0.25) is 9.59 Å². The third-order valence-electron chi connectivity index (χ3n) is 4.11. The molecular weight excluding hydrogens is 358 g/mol. The van der Waals surface area contributed by atoms with Crippen LogP contribution >= 0.6 is 11.8 Å². The summed E-state index contributed by atoms with van der Waals surface area (Å²) < 4.78 is 21.3. The average molecular weight is 379 g/mol. The summed E-state index contributed by atoms with van der Waals surface area (Å²) in [7, 11) is 2.92. The van der Waals surface area contributed by atoms with Gasteiger partial charge in [-0.25, -0.2) is 0 Å². The van der Waals surface area contributed by atoms with Gasteiger partial charge in [-0.2, -0.15) is 0 Å². The summed E-state index contributed by atoms with van der Waals surface area (Å²) in [5.74, 6) is 2.01. The van der Waals surface area contributed by atoms with Gasteiger partial charge in [0.25, 0.3) is 0 Å². The molecule has 1 atom stereocenters. The second-order valence-corrected chi connectivity index (χ2v) is 7.06. The summed E-state index contributed by atoms with van der Waals surface area (Å²) in [5.41, 5.74) is 0.773. The van der Waals surface area contributed by atoms with Crippen molar-refractivity contribution in [3.63, 3.8) is 0 Å². The Kier molecular flexibility index (Phi) is 5.92. The van der Waals surface area contributed by atoms with E-state index in [0.29, 0.717) is 49.3 Å². The van der Waals surface area contributed by atoms with Gasteiger partial charge in [0, 0.05) is 24.9 Å². The number of carbonyl (C=O) groups excluding carboxylic acids is 2. The van der Waals surface area contributed by atoms with Gasteiger partial charge >= 0.3 is 5.97 Å². The van der Waals surface area contributed by atoms with E-state index in [4.69, 9.17) is 18.9 Å². The van der Waals surface area contributed by atoms with E-state index < -0.39 is 0 Å². The molecule has 3 rings (SSSR count). The highest BCUT2D eigenvalue weighted by molar-refractivity contribution is 8.00. The van der Waals surface area contributed by atoms with Gasteiger partial charge in [-0.1, -0.05) is 0 Å². The van der Waals surface area contributed by atoms with E-state index in [-0.39, 0.29) is 17.1 Å². The number of hydrogen-bond donors (Lipinski definition) is 0. The Balaban J connectivity index is 1.71. The Bertz CT molecular complexity index is 703. The first-order valence-corrected chi connectivity index (χ1v) is 9.31. The molecule has 8 heteroatoms. The molecule has 0 N–H and O–H groups in total. The molecule has 1 fully saturated rings. The molecule has 0 spiro atoms. The van der Waals surface area contributed by atoms with Gasteiger partial charge in [-0.05, 0) is 23.8 Å². The van der Waals surface area contributed by atoms with E-state index in [2.05, 4.69) is 0 Å². The summed E-state index contributed by atoms with van der Waals surface area (Å²) in [6.07, 6.45) is 3.20. The molecule has 0 aliphatic carbocycles. The molecule has 2 aliphatic heterocycles. The fourth-order valence-corrected chi connectivity index (χ4v) is 3.91. The van der Waals surface area contributed by atoms with Gasteiger partial charge in [0.1, 0.15) is 18.5 Å². The zero-order valence-electron chi connectivity index (χ0n) is 14.7. The monoisotopic (exact) mass is 379 g/mol. The lowest BCUT2D eigenvalue weighted by Crippen LogP contribution is -2.44. The Hall–Kier alpha value is -2.35. The number of rotatable bonds is 4. The van der Waals surface area contributed by atoms with E-state index in [9.17, 15) is 9.59 Å². The van der Waals surface area contributed by atoms with Crippen molar-refractivity contribution in [2.75, 3.05) is 46.3 Å². The van der Waals surface area contributed by atoms with E-state index >= 15 is 0 Å². The third kappa shape index (κ3) is 4.07. The lowest BCUT2D eigenvalue weighted by molar-refractivity contribution is -0.140. The number of amides is 1. The van der Waals surface area contributed by atoms with Gasteiger partial charge in [0.2, 0.25) is 11.7 Å². The number of thioether (sulfide) groups is 1. The van der Waals surface area contributed by atoms with Crippen molar-refractivity contribution in [1.82, 2.24) is 4.90 Å². The molecule has 0 unspecified atom stereocenters. The SMILES string of the molecule is COC(=O)[C@H]1CN(C(=O)/C=C/c2cc(OC)c3c(c2)OCCO3)CCS1. The van der Waals surface area contributed by atoms with Crippen LogP contribution in [0, 0.1) is 0 Å². The van der Waals surface area contributed by atoms with E-state index in [1.165, 1.54) is 24.9 Å². The number of methoxy groups -OCH3 is 2. The number of ether oxygens (including phenoxy) is 4. The van der Waals surface area contributed by atoms with Crippen molar-refractivity contribution < 1.29 is 28.5 Å². The second-order valence-electron chi connectivity index (χ2n) is 5.75. The molecular formula is C18H21NO6S. The van der Waals surface area contributed by atoms with Crippen molar-refractivity contribution in [3.05, 3.63) is 23.8 Å². The molecule has 0 saturated carbocycles. The minimum absolute atomic E-state index is 0.145. The number of carbonyl (C=O) groups is 2. The second kappa shape index (κ2) is 8.35. The smallest absolute Gasteiger partial charge is 0.320 e. The zero-order chi connectivity index (χ0) is 18.5. The molecule has 0 bridgehead atoms. The van der Waals surface area contributed by atoms with E-state index in [1.54, 1.807) is 24.2 Å².